The molecule has 0 unspecified atom stereocenters. The van der Waals surface area contributed by atoms with E-state index in [1.165, 1.54) is 0 Å². The molecule has 6 nitrogen and oxygen atoms in total. The first-order valence-corrected chi connectivity index (χ1v) is 9.72. The summed E-state index contributed by atoms with van der Waals surface area (Å²) in [5.74, 6) is 0.981. The fraction of sp³-hybridized carbons (Fsp3) is 0.667. The topological polar surface area (TPSA) is 68.2 Å². The van der Waals surface area contributed by atoms with Crippen LogP contribution in [0.3, 0.4) is 0 Å². The third-order valence-corrected chi connectivity index (χ3v) is 5.86. The molecule has 0 bridgehead atoms. The van der Waals surface area contributed by atoms with Crippen molar-refractivity contribution in [2.75, 3.05) is 6.54 Å². The van der Waals surface area contributed by atoms with Gasteiger partial charge < -0.3 is 24.2 Å². The van der Waals surface area contributed by atoms with Gasteiger partial charge in [0.1, 0.15) is 22.7 Å². The number of carbonyl (C=O) groups is 1. The molecular formula is C21H29NO5. The molecule has 3 aliphatic heterocycles. The predicted octanol–water partition coefficient (Wildman–Crippen LogP) is 4.02. The Morgan fingerprint density at radius 1 is 1.33 bits per heavy atom. The molecule has 1 aromatic rings. The Kier molecular flexibility index (Phi) is 4.11. The lowest BCUT2D eigenvalue weighted by Crippen LogP contribution is -2.55. The van der Waals surface area contributed by atoms with E-state index >= 15 is 0 Å². The molecular weight excluding hydrogens is 346 g/mol. The van der Waals surface area contributed by atoms with E-state index in [2.05, 4.69) is 0 Å². The maximum absolute atomic E-state index is 12.7. The van der Waals surface area contributed by atoms with Crippen LogP contribution in [-0.4, -0.2) is 46.0 Å². The average Bonchev–Trinajstić information content (AvgIpc) is 2.94. The predicted molar refractivity (Wildman–Crippen MR) is 99.9 cm³/mol. The number of fused-ring (bicyclic) bond motifs is 4. The molecule has 2 fully saturated rings. The van der Waals surface area contributed by atoms with E-state index in [0.717, 1.165) is 18.4 Å². The standard InChI is InChI=1S/C21H29NO5/c1-20(2,3)27-19(24)22-9-8-16-15(22)11-14-18(25-16)13-7-6-12(23)10-17(13)26-21(14,4)5/h6-7,10,14-16,18,23H,8-9,11H2,1-5H3/t14-,15-,16-,18+/m0/s1. The van der Waals surface area contributed by atoms with Crippen molar-refractivity contribution in [1.82, 2.24) is 4.90 Å². The summed E-state index contributed by atoms with van der Waals surface area (Å²) in [5.41, 5.74) is 0.00584. The van der Waals surface area contributed by atoms with Gasteiger partial charge in [-0.05, 0) is 59.6 Å². The fourth-order valence-corrected chi connectivity index (χ4v) is 4.62. The summed E-state index contributed by atoms with van der Waals surface area (Å²) >= 11 is 0. The van der Waals surface area contributed by atoms with Crippen molar-refractivity contribution in [1.29, 1.82) is 0 Å². The van der Waals surface area contributed by atoms with E-state index in [1.54, 1.807) is 12.1 Å². The van der Waals surface area contributed by atoms with Crippen LogP contribution < -0.4 is 4.74 Å². The molecule has 1 N–H and O–H groups in total. The van der Waals surface area contributed by atoms with Gasteiger partial charge in [0.2, 0.25) is 0 Å². The fourth-order valence-electron chi connectivity index (χ4n) is 4.62. The average molecular weight is 375 g/mol. The second-order valence-electron chi connectivity index (χ2n) is 9.39. The second kappa shape index (κ2) is 6.03. The van der Waals surface area contributed by atoms with Crippen molar-refractivity contribution in [3.63, 3.8) is 0 Å². The van der Waals surface area contributed by atoms with Gasteiger partial charge in [0.25, 0.3) is 0 Å². The summed E-state index contributed by atoms with van der Waals surface area (Å²) < 4.78 is 18.3. The molecule has 1 amide bonds. The minimum absolute atomic E-state index is 0.00244. The maximum Gasteiger partial charge on any atom is 0.410 e. The van der Waals surface area contributed by atoms with E-state index in [4.69, 9.17) is 14.2 Å². The summed E-state index contributed by atoms with van der Waals surface area (Å²) in [7, 11) is 0. The normalized spacial score (nSPS) is 31.4. The van der Waals surface area contributed by atoms with E-state index in [0.29, 0.717) is 12.3 Å². The van der Waals surface area contributed by atoms with Gasteiger partial charge in [-0.25, -0.2) is 4.79 Å². The molecule has 6 heteroatoms. The van der Waals surface area contributed by atoms with E-state index in [-0.39, 0.29) is 36.0 Å². The number of phenolic OH excluding ortho intramolecular Hbond substituents is 1. The zero-order valence-corrected chi connectivity index (χ0v) is 16.7. The maximum atomic E-state index is 12.7. The third-order valence-electron chi connectivity index (χ3n) is 5.86. The molecule has 27 heavy (non-hydrogen) atoms. The van der Waals surface area contributed by atoms with Crippen molar-refractivity contribution in [2.45, 2.75) is 76.9 Å². The van der Waals surface area contributed by atoms with Crippen LogP contribution in [0.1, 0.15) is 59.1 Å². The molecule has 4 rings (SSSR count). The molecule has 1 aromatic carbocycles. The Hall–Kier alpha value is -1.95. The molecule has 0 radical (unpaired) electrons. The van der Waals surface area contributed by atoms with Gasteiger partial charge in [0, 0.05) is 24.1 Å². The van der Waals surface area contributed by atoms with Crippen molar-refractivity contribution in [2.24, 2.45) is 5.92 Å². The number of aromatic hydroxyl groups is 1. The molecule has 0 saturated carbocycles. The number of hydrogen-bond donors (Lipinski definition) is 1. The minimum Gasteiger partial charge on any atom is -0.508 e. The van der Waals surface area contributed by atoms with Crippen LogP contribution in [-0.2, 0) is 9.47 Å². The molecule has 0 aromatic heterocycles. The van der Waals surface area contributed by atoms with Crippen LogP contribution in [0, 0.1) is 5.92 Å². The Labute approximate surface area is 160 Å². The highest BCUT2D eigenvalue weighted by molar-refractivity contribution is 5.69. The first kappa shape index (κ1) is 18.4. The van der Waals surface area contributed by atoms with Gasteiger partial charge in [-0.1, -0.05) is 0 Å². The molecule has 3 heterocycles. The summed E-state index contributed by atoms with van der Waals surface area (Å²) in [6.45, 7) is 10.4. The molecule has 148 valence electrons. The highest BCUT2D eigenvalue weighted by atomic mass is 16.6. The van der Waals surface area contributed by atoms with Gasteiger partial charge in [-0.15, -0.1) is 0 Å². The lowest BCUT2D eigenvalue weighted by Gasteiger charge is -2.50. The number of hydrogen-bond acceptors (Lipinski definition) is 5. The van der Waals surface area contributed by atoms with Gasteiger partial charge in [0.15, 0.2) is 0 Å². The second-order valence-corrected chi connectivity index (χ2v) is 9.39. The quantitative estimate of drug-likeness (QED) is 0.742. The third kappa shape index (κ3) is 3.24. The number of likely N-dealkylation sites (tertiary alicyclic amines) is 1. The summed E-state index contributed by atoms with van der Waals surface area (Å²) in [6, 6.07) is 5.22. The van der Waals surface area contributed by atoms with Crippen molar-refractivity contribution in [3.8, 4) is 11.5 Å². The van der Waals surface area contributed by atoms with Gasteiger partial charge >= 0.3 is 6.09 Å². The number of rotatable bonds is 0. The number of nitrogens with zero attached hydrogens (tertiary/aromatic N) is 1. The Morgan fingerprint density at radius 3 is 2.78 bits per heavy atom. The summed E-state index contributed by atoms with van der Waals surface area (Å²) in [4.78, 5) is 14.5. The lowest BCUT2D eigenvalue weighted by atomic mass is 9.74. The first-order chi connectivity index (χ1) is 12.5. The summed E-state index contributed by atoms with van der Waals surface area (Å²) in [6.07, 6.45) is 1.25. The van der Waals surface area contributed by atoms with Crippen LogP contribution in [0.2, 0.25) is 0 Å². The Balaban J connectivity index is 1.61. The molecule has 3 aliphatic rings. The SMILES string of the molecule is CC(C)(C)OC(=O)N1CC[C@@H]2O[C@@H]3c4ccc(O)cc4OC(C)(C)[C@H]3C[C@@H]21. The lowest BCUT2D eigenvalue weighted by molar-refractivity contribution is -0.161. The molecule has 0 spiro atoms. The smallest absolute Gasteiger partial charge is 0.410 e. The Morgan fingerprint density at radius 2 is 2.07 bits per heavy atom. The van der Waals surface area contributed by atoms with Crippen LogP contribution in [0.4, 0.5) is 4.79 Å². The first-order valence-electron chi connectivity index (χ1n) is 9.72. The van der Waals surface area contributed by atoms with E-state index in [9.17, 15) is 9.90 Å². The van der Waals surface area contributed by atoms with Crippen molar-refractivity contribution in [3.05, 3.63) is 23.8 Å². The van der Waals surface area contributed by atoms with E-state index < -0.39 is 11.2 Å². The van der Waals surface area contributed by atoms with Crippen molar-refractivity contribution >= 4 is 6.09 Å². The minimum atomic E-state index is -0.513. The molecule has 2 saturated heterocycles. The van der Waals surface area contributed by atoms with Crippen LogP contribution in [0.5, 0.6) is 11.5 Å². The zero-order chi connectivity index (χ0) is 19.6. The number of carbonyl (C=O) groups excluding carboxylic acids is 1. The zero-order valence-electron chi connectivity index (χ0n) is 16.7. The Bertz CT molecular complexity index is 753. The summed E-state index contributed by atoms with van der Waals surface area (Å²) in [5, 5.41) is 9.81. The van der Waals surface area contributed by atoms with Crippen LogP contribution >= 0.6 is 0 Å². The van der Waals surface area contributed by atoms with Crippen LogP contribution in [0.15, 0.2) is 18.2 Å². The largest absolute Gasteiger partial charge is 0.508 e. The van der Waals surface area contributed by atoms with Crippen molar-refractivity contribution < 1.29 is 24.1 Å². The van der Waals surface area contributed by atoms with Gasteiger partial charge in [-0.3, -0.25) is 0 Å². The highest BCUT2D eigenvalue weighted by Crippen LogP contribution is 2.53. The number of benzene rings is 1. The van der Waals surface area contributed by atoms with Gasteiger partial charge in [-0.2, -0.15) is 0 Å². The van der Waals surface area contributed by atoms with Crippen LogP contribution in [0.25, 0.3) is 0 Å². The van der Waals surface area contributed by atoms with Gasteiger partial charge in [0.05, 0.1) is 18.2 Å². The number of phenols is 1. The van der Waals surface area contributed by atoms with E-state index in [1.807, 2.05) is 45.6 Å². The number of amides is 1. The number of ether oxygens (including phenoxy) is 3. The monoisotopic (exact) mass is 375 g/mol. The highest BCUT2D eigenvalue weighted by Gasteiger charge is 2.54. The molecule has 0 aliphatic carbocycles. The molecule has 4 atom stereocenters.